The molecule has 0 atom stereocenters. The molecule has 1 heterocycles. The van der Waals surface area contributed by atoms with Gasteiger partial charge in [0.25, 0.3) is 10.0 Å². The van der Waals surface area contributed by atoms with Gasteiger partial charge in [-0.15, -0.1) is 0 Å². The van der Waals surface area contributed by atoms with E-state index in [1.807, 2.05) is 27.7 Å². The first-order valence-corrected chi connectivity index (χ1v) is 9.08. The van der Waals surface area contributed by atoms with Crippen LogP contribution in [0.2, 0.25) is 0 Å². The van der Waals surface area contributed by atoms with Gasteiger partial charge >= 0.3 is 0 Å². The Hall–Kier alpha value is -0.850. The van der Waals surface area contributed by atoms with E-state index in [4.69, 9.17) is 4.42 Å². The van der Waals surface area contributed by atoms with Crippen molar-refractivity contribution in [2.45, 2.75) is 64.3 Å². The SMILES string of the molecule is CC(C)CN(C1CC1)S(=O)(=O)c1ccc(CNC(C)C)o1. The van der Waals surface area contributed by atoms with E-state index in [9.17, 15) is 8.42 Å². The zero-order valence-electron chi connectivity index (χ0n) is 13.3. The number of nitrogens with one attached hydrogen (secondary N) is 1. The summed E-state index contributed by atoms with van der Waals surface area (Å²) in [4.78, 5) is 0. The van der Waals surface area contributed by atoms with Crippen LogP contribution >= 0.6 is 0 Å². The smallest absolute Gasteiger partial charge is 0.276 e. The molecule has 1 aromatic rings. The van der Waals surface area contributed by atoms with Crippen LogP contribution in [0.4, 0.5) is 0 Å². The highest BCUT2D eigenvalue weighted by molar-refractivity contribution is 7.89. The minimum absolute atomic E-state index is 0.0654. The molecule has 1 aliphatic rings. The van der Waals surface area contributed by atoms with Crippen molar-refractivity contribution in [1.82, 2.24) is 9.62 Å². The summed E-state index contributed by atoms with van der Waals surface area (Å²) in [5, 5.41) is 3.29. The van der Waals surface area contributed by atoms with Crippen molar-refractivity contribution in [3.63, 3.8) is 0 Å². The molecule has 0 amide bonds. The first-order chi connectivity index (χ1) is 9.80. The molecule has 6 heteroatoms. The number of sulfonamides is 1. The summed E-state index contributed by atoms with van der Waals surface area (Å²) in [6.45, 7) is 9.24. The van der Waals surface area contributed by atoms with Gasteiger partial charge in [0.15, 0.2) is 0 Å². The molecular weight excluding hydrogens is 288 g/mol. The Morgan fingerprint density at radius 3 is 2.48 bits per heavy atom. The molecule has 1 fully saturated rings. The van der Waals surface area contributed by atoms with Crippen LogP contribution in [0.15, 0.2) is 21.6 Å². The zero-order valence-corrected chi connectivity index (χ0v) is 14.1. The van der Waals surface area contributed by atoms with Crippen LogP contribution in [0, 0.1) is 5.92 Å². The van der Waals surface area contributed by atoms with Gasteiger partial charge in [0.05, 0.1) is 6.54 Å². The van der Waals surface area contributed by atoms with Gasteiger partial charge in [-0.2, -0.15) is 4.31 Å². The molecule has 1 aromatic heterocycles. The molecule has 0 aromatic carbocycles. The number of rotatable bonds is 8. The second-order valence-electron chi connectivity index (χ2n) is 6.46. The van der Waals surface area contributed by atoms with Gasteiger partial charge in [-0.3, -0.25) is 0 Å². The van der Waals surface area contributed by atoms with E-state index in [0.717, 1.165) is 12.8 Å². The van der Waals surface area contributed by atoms with Crippen LogP contribution in [-0.2, 0) is 16.6 Å². The predicted octanol–water partition coefficient (Wildman–Crippen LogP) is 2.59. The Balaban J connectivity index is 2.14. The topological polar surface area (TPSA) is 62.6 Å². The molecule has 0 aliphatic heterocycles. The van der Waals surface area contributed by atoms with Crippen LogP contribution in [0.5, 0.6) is 0 Å². The summed E-state index contributed by atoms with van der Waals surface area (Å²) in [7, 11) is -3.51. The summed E-state index contributed by atoms with van der Waals surface area (Å²) in [5.41, 5.74) is 0. The van der Waals surface area contributed by atoms with E-state index in [2.05, 4.69) is 5.32 Å². The molecule has 0 unspecified atom stereocenters. The third kappa shape index (κ3) is 4.31. The molecule has 5 nitrogen and oxygen atoms in total. The Labute approximate surface area is 127 Å². The minimum Gasteiger partial charge on any atom is -0.447 e. The summed E-state index contributed by atoms with van der Waals surface area (Å²) in [5.74, 6) is 0.958. The Kier molecular flexibility index (Phi) is 5.11. The van der Waals surface area contributed by atoms with Crippen LogP contribution in [0.25, 0.3) is 0 Å². The Bertz CT molecular complexity index is 559. The van der Waals surface area contributed by atoms with E-state index in [-0.39, 0.29) is 11.1 Å². The average Bonchev–Trinajstić information content (AvgIpc) is 3.10. The maximum absolute atomic E-state index is 12.7. The van der Waals surface area contributed by atoms with Gasteiger partial charge in [-0.05, 0) is 30.9 Å². The molecule has 1 aliphatic carbocycles. The van der Waals surface area contributed by atoms with E-state index in [1.54, 1.807) is 16.4 Å². The first-order valence-electron chi connectivity index (χ1n) is 7.64. The van der Waals surface area contributed by atoms with Crippen molar-refractivity contribution in [3.05, 3.63) is 17.9 Å². The molecular formula is C15H26N2O3S. The second-order valence-corrected chi connectivity index (χ2v) is 8.28. The number of hydrogen-bond donors (Lipinski definition) is 1. The zero-order chi connectivity index (χ0) is 15.6. The summed E-state index contributed by atoms with van der Waals surface area (Å²) in [6, 6.07) is 3.80. The average molecular weight is 314 g/mol. The first kappa shape index (κ1) is 16.5. The fourth-order valence-corrected chi connectivity index (χ4v) is 3.96. The quantitative estimate of drug-likeness (QED) is 0.801. The highest BCUT2D eigenvalue weighted by Gasteiger charge is 2.39. The van der Waals surface area contributed by atoms with Crippen LogP contribution in [-0.4, -0.2) is 31.4 Å². The van der Waals surface area contributed by atoms with Gasteiger partial charge in [0.2, 0.25) is 5.09 Å². The molecule has 1 saturated carbocycles. The third-order valence-corrected chi connectivity index (χ3v) is 5.18. The van der Waals surface area contributed by atoms with Crippen molar-refractivity contribution in [1.29, 1.82) is 0 Å². The monoisotopic (exact) mass is 314 g/mol. The van der Waals surface area contributed by atoms with Crippen molar-refractivity contribution in [2.24, 2.45) is 5.92 Å². The van der Waals surface area contributed by atoms with Gasteiger partial charge in [-0.1, -0.05) is 27.7 Å². The predicted molar refractivity (Wildman–Crippen MR) is 82.4 cm³/mol. The maximum Gasteiger partial charge on any atom is 0.276 e. The maximum atomic E-state index is 12.7. The van der Waals surface area contributed by atoms with Crippen LogP contribution in [0.3, 0.4) is 0 Å². The van der Waals surface area contributed by atoms with Gasteiger partial charge in [-0.25, -0.2) is 8.42 Å². The van der Waals surface area contributed by atoms with E-state index >= 15 is 0 Å². The van der Waals surface area contributed by atoms with E-state index in [0.29, 0.717) is 30.8 Å². The second kappa shape index (κ2) is 6.50. The highest BCUT2D eigenvalue weighted by atomic mass is 32.2. The molecule has 21 heavy (non-hydrogen) atoms. The van der Waals surface area contributed by atoms with Crippen molar-refractivity contribution >= 4 is 10.0 Å². The minimum atomic E-state index is -3.51. The molecule has 120 valence electrons. The lowest BCUT2D eigenvalue weighted by atomic mass is 10.2. The summed E-state index contributed by atoms with van der Waals surface area (Å²) < 4.78 is 32.6. The van der Waals surface area contributed by atoms with Crippen molar-refractivity contribution in [3.8, 4) is 0 Å². The molecule has 0 bridgehead atoms. The van der Waals surface area contributed by atoms with Crippen molar-refractivity contribution in [2.75, 3.05) is 6.54 Å². The lowest BCUT2D eigenvalue weighted by Gasteiger charge is -2.22. The molecule has 0 saturated heterocycles. The molecule has 0 spiro atoms. The lowest BCUT2D eigenvalue weighted by Crippen LogP contribution is -2.35. The Morgan fingerprint density at radius 2 is 1.95 bits per heavy atom. The largest absolute Gasteiger partial charge is 0.447 e. The normalized spacial score (nSPS) is 16.3. The Morgan fingerprint density at radius 1 is 1.29 bits per heavy atom. The van der Waals surface area contributed by atoms with Crippen LogP contribution in [0.1, 0.15) is 46.3 Å². The number of hydrogen-bond acceptors (Lipinski definition) is 4. The number of nitrogens with zero attached hydrogens (tertiary/aromatic N) is 1. The molecule has 2 rings (SSSR count). The summed E-state index contributed by atoms with van der Waals surface area (Å²) >= 11 is 0. The highest BCUT2D eigenvalue weighted by Crippen LogP contribution is 2.33. The van der Waals surface area contributed by atoms with Gasteiger partial charge < -0.3 is 9.73 Å². The summed E-state index contributed by atoms with van der Waals surface area (Å²) in [6.07, 6.45) is 1.91. The lowest BCUT2D eigenvalue weighted by molar-refractivity contribution is 0.334. The third-order valence-electron chi connectivity index (χ3n) is 3.38. The number of furan rings is 1. The molecule has 1 N–H and O–H groups in total. The van der Waals surface area contributed by atoms with Crippen LogP contribution < -0.4 is 5.32 Å². The van der Waals surface area contributed by atoms with E-state index < -0.39 is 10.0 Å². The molecule has 0 radical (unpaired) electrons. The van der Waals surface area contributed by atoms with Crippen molar-refractivity contribution < 1.29 is 12.8 Å². The fourth-order valence-electron chi connectivity index (χ4n) is 2.18. The van der Waals surface area contributed by atoms with Gasteiger partial charge in [0.1, 0.15) is 5.76 Å². The fraction of sp³-hybridized carbons (Fsp3) is 0.733. The van der Waals surface area contributed by atoms with Gasteiger partial charge in [0, 0.05) is 18.6 Å². The standard InChI is InChI=1S/C15H26N2O3S/c1-11(2)10-17(13-5-6-13)21(18,19)15-8-7-14(20-15)9-16-12(3)4/h7-8,11-13,16H,5-6,9-10H2,1-4H3. The van der Waals surface area contributed by atoms with E-state index in [1.165, 1.54) is 0 Å².